The van der Waals surface area contributed by atoms with E-state index in [1.165, 1.54) is 18.2 Å². The maximum absolute atomic E-state index is 12.5. The molecule has 0 unspecified atom stereocenters. The van der Waals surface area contributed by atoms with Crippen molar-refractivity contribution in [1.29, 1.82) is 0 Å². The Morgan fingerprint density at radius 3 is 2.64 bits per heavy atom. The quantitative estimate of drug-likeness (QED) is 0.809. The second kappa shape index (κ2) is 8.32. The van der Waals surface area contributed by atoms with E-state index in [-0.39, 0.29) is 12.2 Å². The molecule has 0 bridgehead atoms. The van der Waals surface area contributed by atoms with Crippen LogP contribution in [0.3, 0.4) is 0 Å². The molecule has 150 valence electrons. The highest BCUT2D eigenvalue weighted by molar-refractivity contribution is 5.90. The molecule has 3 rings (SSSR count). The Morgan fingerprint density at radius 1 is 1.21 bits per heavy atom. The molecule has 2 heterocycles. The summed E-state index contributed by atoms with van der Waals surface area (Å²) in [5.41, 5.74) is 0.679. The van der Waals surface area contributed by atoms with Crippen LogP contribution in [0.4, 0.5) is 29.5 Å². The van der Waals surface area contributed by atoms with Crippen LogP contribution in [0.1, 0.15) is 24.4 Å². The lowest BCUT2D eigenvalue weighted by atomic mass is 10.3. The molecule has 1 saturated heterocycles. The Labute approximate surface area is 159 Å². The second-order valence-corrected chi connectivity index (χ2v) is 6.33. The fourth-order valence-electron chi connectivity index (χ4n) is 2.91. The molecular formula is C18H20F3N5O2. The normalized spacial score (nSPS) is 14.1. The zero-order chi connectivity index (χ0) is 20.1. The van der Waals surface area contributed by atoms with E-state index in [9.17, 15) is 18.0 Å². The van der Waals surface area contributed by atoms with E-state index in [4.69, 9.17) is 0 Å². The van der Waals surface area contributed by atoms with Gasteiger partial charge in [0.2, 0.25) is 0 Å². The predicted octanol–water partition coefficient (Wildman–Crippen LogP) is 3.61. The fraction of sp³-hybridized carbons (Fsp3) is 0.389. The van der Waals surface area contributed by atoms with Gasteiger partial charge in [-0.2, -0.15) is 0 Å². The molecule has 1 aromatic carbocycles. The van der Waals surface area contributed by atoms with E-state index < -0.39 is 18.1 Å². The number of hydrogen-bond acceptors (Lipinski definition) is 5. The number of aryl methyl sites for hydroxylation is 1. The summed E-state index contributed by atoms with van der Waals surface area (Å²) in [7, 11) is 0. The number of para-hydroxylation sites is 2. The molecule has 1 aliphatic rings. The van der Waals surface area contributed by atoms with Crippen molar-refractivity contribution in [2.75, 3.05) is 23.3 Å². The van der Waals surface area contributed by atoms with Gasteiger partial charge in [0.15, 0.2) is 5.75 Å². The summed E-state index contributed by atoms with van der Waals surface area (Å²) in [4.78, 5) is 23.0. The molecule has 0 radical (unpaired) electrons. The number of nitrogens with one attached hydrogen (secondary N) is 2. The minimum Gasteiger partial charge on any atom is -0.404 e. The summed E-state index contributed by atoms with van der Waals surface area (Å²) in [5.74, 6) is 0.747. The first-order valence-electron chi connectivity index (χ1n) is 8.79. The largest absolute Gasteiger partial charge is 0.573 e. The van der Waals surface area contributed by atoms with Crippen molar-refractivity contribution in [2.45, 2.75) is 32.7 Å². The first-order chi connectivity index (χ1) is 13.3. The van der Waals surface area contributed by atoms with E-state index in [0.29, 0.717) is 5.82 Å². The zero-order valence-electron chi connectivity index (χ0n) is 15.2. The number of nitrogens with zero attached hydrogens (tertiary/aromatic N) is 3. The lowest BCUT2D eigenvalue weighted by Crippen LogP contribution is -2.30. The third kappa shape index (κ3) is 5.48. The van der Waals surface area contributed by atoms with E-state index in [0.717, 1.165) is 43.5 Å². The van der Waals surface area contributed by atoms with Gasteiger partial charge < -0.3 is 20.3 Å². The number of rotatable bonds is 5. The van der Waals surface area contributed by atoms with Gasteiger partial charge in [-0.05, 0) is 31.9 Å². The third-order valence-electron chi connectivity index (χ3n) is 4.09. The molecule has 1 aliphatic heterocycles. The van der Waals surface area contributed by atoms with Gasteiger partial charge in [0.25, 0.3) is 0 Å². The zero-order valence-corrected chi connectivity index (χ0v) is 15.2. The average molecular weight is 395 g/mol. The Morgan fingerprint density at radius 2 is 1.93 bits per heavy atom. The van der Waals surface area contributed by atoms with Crippen LogP contribution in [0.15, 0.2) is 30.3 Å². The molecule has 7 nitrogen and oxygen atoms in total. The number of anilines is 2. The molecule has 10 heteroatoms. The molecular weight excluding hydrogens is 375 g/mol. The van der Waals surface area contributed by atoms with Gasteiger partial charge in [0.1, 0.15) is 11.6 Å². The lowest BCUT2D eigenvalue weighted by molar-refractivity contribution is -0.274. The lowest BCUT2D eigenvalue weighted by Gasteiger charge is -2.17. The summed E-state index contributed by atoms with van der Waals surface area (Å²) in [6.07, 6.45) is -2.63. The number of carbonyl (C=O) groups excluding carboxylic acids is 1. The molecule has 0 aliphatic carbocycles. The molecule has 28 heavy (non-hydrogen) atoms. The van der Waals surface area contributed by atoms with Gasteiger partial charge >= 0.3 is 12.4 Å². The first-order valence-corrected chi connectivity index (χ1v) is 8.79. The summed E-state index contributed by atoms with van der Waals surface area (Å²) in [5, 5.41) is 4.90. The molecule has 1 aromatic heterocycles. The van der Waals surface area contributed by atoms with Crippen molar-refractivity contribution in [1.82, 2.24) is 15.3 Å². The van der Waals surface area contributed by atoms with Crippen LogP contribution in [0, 0.1) is 6.92 Å². The van der Waals surface area contributed by atoms with Crippen LogP contribution in [0.25, 0.3) is 0 Å². The van der Waals surface area contributed by atoms with E-state index in [1.54, 1.807) is 0 Å². The molecule has 1 fully saturated rings. The highest BCUT2D eigenvalue weighted by Crippen LogP contribution is 2.29. The van der Waals surface area contributed by atoms with Crippen LogP contribution < -0.4 is 20.3 Å². The minimum absolute atomic E-state index is 0.0383. The summed E-state index contributed by atoms with van der Waals surface area (Å²) >= 11 is 0. The highest BCUT2D eigenvalue weighted by atomic mass is 19.4. The number of urea groups is 1. The number of alkyl halides is 3. The number of carbonyl (C=O) groups is 1. The Bertz CT molecular complexity index is 838. The predicted molar refractivity (Wildman–Crippen MR) is 97.2 cm³/mol. The highest BCUT2D eigenvalue weighted by Gasteiger charge is 2.32. The van der Waals surface area contributed by atoms with E-state index >= 15 is 0 Å². The van der Waals surface area contributed by atoms with Gasteiger partial charge in [-0.15, -0.1) is 13.2 Å². The van der Waals surface area contributed by atoms with Crippen LogP contribution in [0.5, 0.6) is 5.75 Å². The number of aromatic nitrogens is 2. The van der Waals surface area contributed by atoms with Crippen molar-refractivity contribution in [3.8, 4) is 5.75 Å². The number of amides is 2. The number of benzene rings is 1. The summed E-state index contributed by atoms with van der Waals surface area (Å²) in [6.45, 7) is 3.74. The third-order valence-corrected chi connectivity index (χ3v) is 4.09. The average Bonchev–Trinajstić information content (AvgIpc) is 3.15. The van der Waals surface area contributed by atoms with Crippen molar-refractivity contribution in [2.24, 2.45) is 0 Å². The Hall–Kier alpha value is -3.04. The molecule has 2 aromatic rings. The van der Waals surface area contributed by atoms with Crippen molar-refractivity contribution in [3.63, 3.8) is 0 Å². The SMILES string of the molecule is Cc1cc(N2CCCC2)nc(CNC(=O)Nc2ccccc2OC(F)(F)F)n1. The summed E-state index contributed by atoms with van der Waals surface area (Å²) < 4.78 is 41.3. The van der Waals surface area contributed by atoms with Gasteiger partial charge in [0, 0.05) is 24.8 Å². The van der Waals surface area contributed by atoms with Gasteiger partial charge in [-0.25, -0.2) is 14.8 Å². The first kappa shape index (κ1) is 19.7. The molecule has 2 N–H and O–H groups in total. The minimum atomic E-state index is -4.85. The van der Waals surface area contributed by atoms with Crippen molar-refractivity contribution in [3.05, 3.63) is 41.9 Å². The van der Waals surface area contributed by atoms with Crippen LogP contribution in [-0.2, 0) is 6.54 Å². The van der Waals surface area contributed by atoms with Gasteiger partial charge in [-0.1, -0.05) is 12.1 Å². The molecule has 2 amide bonds. The molecule has 0 atom stereocenters. The van der Waals surface area contributed by atoms with Crippen LogP contribution in [-0.4, -0.2) is 35.5 Å². The summed E-state index contributed by atoms with van der Waals surface area (Å²) in [6, 6.07) is 6.51. The maximum Gasteiger partial charge on any atom is 0.573 e. The second-order valence-electron chi connectivity index (χ2n) is 6.33. The van der Waals surface area contributed by atoms with E-state index in [2.05, 4.69) is 30.2 Å². The maximum atomic E-state index is 12.5. The number of halogens is 3. The topological polar surface area (TPSA) is 79.4 Å². The standard InChI is InChI=1S/C18H20F3N5O2/c1-12-10-16(26-8-4-5-9-26)25-15(23-12)11-22-17(27)24-13-6-2-3-7-14(13)28-18(19,20)21/h2-3,6-7,10H,4-5,8-9,11H2,1H3,(H2,22,24,27). The van der Waals surface area contributed by atoms with Crippen LogP contribution >= 0.6 is 0 Å². The smallest absolute Gasteiger partial charge is 0.404 e. The Kier molecular flexibility index (Phi) is 5.86. The number of ether oxygens (including phenoxy) is 1. The fourth-order valence-corrected chi connectivity index (χ4v) is 2.91. The monoisotopic (exact) mass is 395 g/mol. The number of hydrogen-bond donors (Lipinski definition) is 2. The van der Waals surface area contributed by atoms with E-state index in [1.807, 2.05) is 13.0 Å². The molecule has 0 saturated carbocycles. The van der Waals surface area contributed by atoms with Gasteiger partial charge in [0.05, 0.1) is 12.2 Å². The molecule has 0 spiro atoms. The van der Waals surface area contributed by atoms with Gasteiger partial charge in [-0.3, -0.25) is 0 Å². The van der Waals surface area contributed by atoms with Crippen molar-refractivity contribution < 1.29 is 22.7 Å². The van der Waals surface area contributed by atoms with Crippen molar-refractivity contribution >= 4 is 17.5 Å². The Balaban J connectivity index is 1.62. The van der Waals surface area contributed by atoms with Crippen LogP contribution in [0.2, 0.25) is 0 Å².